The van der Waals surface area contributed by atoms with E-state index in [0.717, 1.165) is 19.3 Å². The molecule has 0 aliphatic heterocycles. The molecule has 0 saturated carbocycles. The second kappa shape index (κ2) is 8.01. The van der Waals surface area contributed by atoms with Gasteiger partial charge in [0.2, 0.25) is 5.91 Å². The second-order valence-electron chi connectivity index (χ2n) is 3.15. The molecule has 0 aliphatic rings. The van der Waals surface area contributed by atoms with Crippen LogP contribution in [0.15, 0.2) is 0 Å². The summed E-state index contributed by atoms with van der Waals surface area (Å²) in [6.45, 7) is 3.76. The minimum atomic E-state index is -0.0252. The maximum Gasteiger partial charge on any atom is 0.224 e. The highest BCUT2D eigenvalue weighted by Crippen LogP contribution is 2.03. The van der Waals surface area contributed by atoms with Crippen LogP contribution in [-0.4, -0.2) is 25.5 Å². The lowest BCUT2D eigenvalue weighted by molar-refractivity contribution is -0.124. The molecular weight excluding hydrogens is 166 g/mol. The first-order valence-corrected chi connectivity index (χ1v) is 4.94. The molecule has 0 aromatic rings. The number of nitrogens with one attached hydrogen (secondary N) is 1. The van der Waals surface area contributed by atoms with Gasteiger partial charge < -0.3 is 16.8 Å². The Bertz CT molecular complexity index is 139. The standard InChI is InChI=1S/C9H21N3O/c1-2-4-8(7-11)9(13)12-6-3-5-10/h8H,2-7,10-11H2,1H3,(H,12,13). The number of rotatable bonds is 7. The molecule has 1 atom stereocenters. The first-order chi connectivity index (χ1) is 6.26. The van der Waals surface area contributed by atoms with E-state index in [1.807, 2.05) is 0 Å². The van der Waals surface area contributed by atoms with Crippen molar-refractivity contribution in [3.63, 3.8) is 0 Å². The van der Waals surface area contributed by atoms with E-state index in [2.05, 4.69) is 12.2 Å². The zero-order chi connectivity index (χ0) is 10.1. The lowest BCUT2D eigenvalue weighted by Gasteiger charge is -2.13. The molecule has 4 nitrogen and oxygen atoms in total. The highest BCUT2D eigenvalue weighted by Gasteiger charge is 2.14. The first kappa shape index (κ1) is 12.4. The summed E-state index contributed by atoms with van der Waals surface area (Å²) in [5.41, 5.74) is 10.8. The number of nitrogens with two attached hydrogens (primary N) is 2. The molecule has 0 bridgehead atoms. The van der Waals surface area contributed by atoms with Crippen LogP contribution < -0.4 is 16.8 Å². The molecule has 0 aromatic heterocycles. The second-order valence-corrected chi connectivity index (χ2v) is 3.15. The lowest BCUT2D eigenvalue weighted by atomic mass is 10.0. The van der Waals surface area contributed by atoms with Crippen molar-refractivity contribution in [1.82, 2.24) is 5.32 Å². The molecule has 1 amide bonds. The van der Waals surface area contributed by atoms with Gasteiger partial charge in [-0.3, -0.25) is 4.79 Å². The molecule has 5 N–H and O–H groups in total. The maximum absolute atomic E-state index is 11.4. The van der Waals surface area contributed by atoms with E-state index < -0.39 is 0 Å². The number of hydrogen-bond donors (Lipinski definition) is 3. The molecule has 0 saturated heterocycles. The third-order valence-corrected chi connectivity index (χ3v) is 1.97. The van der Waals surface area contributed by atoms with Crippen molar-refractivity contribution in [3.05, 3.63) is 0 Å². The minimum Gasteiger partial charge on any atom is -0.356 e. The largest absolute Gasteiger partial charge is 0.356 e. The highest BCUT2D eigenvalue weighted by atomic mass is 16.1. The maximum atomic E-state index is 11.4. The van der Waals surface area contributed by atoms with E-state index in [0.29, 0.717) is 19.6 Å². The van der Waals surface area contributed by atoms with E-state index >= 15 is 0 Å². The van der Waals surface area contributed by atoms with Crippen LogP contribution in [0.1, 0.15) is 26.2 Å². The Balaban J connectivity index is 3.64. The summed E-state index contributed by atoms with van der Waals surface area (Å²) in [7, 11) is 0. The van der Waals surface area contributed by atoms with Crippen LogP contribution in [0.5, 0.6) is 0 Å². The van der Waals surface area contributed by atoms with Gasteiger partial charge in [0.05, 0.1) is 5.92 Å². The topological polar surface area (TPSA) is 81.1 Å². The van der Waals surface area contributed by atoms with Gasteiger partial charge in [0.15, 0.2) is 0 Å². The summed E-state index contributed by atoms with van der Waals surface area (Å²) >= 11 is 0. The van der Waals surface area contributed by atoms with E-state index in [-0.39, 0.29) is 11.8 Å². The normalized spacial score (nSPS) is 12.5. The zero-order valence-corrected chi connectivity index (χ0v) is 8.38. The van der Waals surface area contributed by atoms with Gasteiger partial charge in [-0.1, -0.05) is 13.3 Å². The van der Waals surface area contributed by atoms with Gasteiger partial charge in [0, 0.05) is 13.1 Å². The molecule has 0 rings (SSSR count). The van der Waals surface area contributed by atoms with Crippen LogP contribution in [0.4, 0.5) is 0 Å². The zero-order valence-electron chi connectivity index (χ0n) is 8.38. The van der Waals surface area contributed by atoms with Crippen molar-refractivity contribution in [2.24, 2.45) is 17.4 Å². The van der Waals surface area contributed by atoms with E-state index in [9.17, 15) is 4.79 Å². The van der Waals surface area contributed by atoms with Gasteiger partial charge in [-0.2, -0.15) is 0 Å². The summed E-state index contributed by atoms with van der Waals surface area (Å²) < 4.78 is 0. The van der Waals surface area contributed by atoms with Crippen molar-refractivity contribution in [2.75, 3.05) is 19.6 Å². The molecule has 4 heteroatoms. The smallest absolute Gasteiger partial charge is 0.224 e. The predicted molar refractivity (Wildman–Crippen MR) is 54.1 cm³/mol. The average molecular weight is 187 g/mol. The summed E-state index contributed by atoms with van der Waals surface area (Å²) in [5, 5.41) is 2.82. The summed E-state index contributed by atoms with van der Waals surface area (Å²) in [4.78, 5) is 11.4. The number of carbonyl (C=O) groups is 1. The van der Waals surface area contributed by atoms with Crippen LogP contribution in [0.2, 0.25) is 0 Å². The molecule has 0 radical (unpaired) electrons. The van der Waals surface area contributed by atoms with Gasteiger partial charge in [-0.05, 0) is 19.4 Å². The molecule has 0 spiro atoms. The van der Waals surface area contributed by atoms with E-state index in [4.69, 9.17) is 11.5 Å². The molecule has 13 heavy (non-hydrogen) atoms. The molecule has 0 aliphatic carbocycles. The highest BCUT2D eigenvalue weighted by molar-refractivity contribution is 5.78. The fraction of sp³-hybridized carbons (Fsp3) is 0.889. The summed E-state index contributed by atoms with van der Waals surface area (Å²) in [5.74, 6) is 0.0422. The van der Waals surface area contributed by atoms with E-state index in [1.54, 1.807) is 0 Å². The van der Waals surface area contributed by atoms with Gasteiger partial charge in [0.25, 0.3) is 0 Å². The summed E-state index contributed by atoms with van der Waals surface area (Å²) in [6.07, 6.45) is 2.69. The Hall–Kier alpha value is -0.610. The number of carbonyl (C=O) groups excluding carboxylic acids is 1. The molecular formula is C9H21N3O. The van der Waals surface area contributed by atoms with Gasteiger partial charge in [-0.25, -0.2) is 0 Å². The van der Waals surface area contributed by atoms with Gasteiger partial charge in [-0.15, -0.1) is 0 Å². The van der Waals surface area contributed by atoms with Crippen molar-refractivity contribution in [1.29, 1.82) is 0 Å². The van der Waals surface area contributed by atoms with Crippen molar-refractivity contribution < 1.29 is 4.79 Å². The predicted octanol–water partition coefficient (Wildman–Crippen LogP) is -0.174. The minimum absolute atomic E-state index is 0.0252. The van der Waals surface area contributed by atoms with Crippen LogP contribution in [0.25, 0.3) is 0 Å². The fourth-order valence-corrected chi connectivity index (χ4v) is 1.16. The van der Waals surface area contributed by atoms with E-state index in [1.165, 1.54) is 0 Å². The Morgan fingerprint density at radius 2 is 2.15 bits per heavy atom. The van der Waals surface area contributed by atoms with Crippen molar-refractivity contribution in [3.8, 4) is 0 Å². The molecule has 1 unspecified atom stereocenters. The third-order valence-electron chi connectivity index (χ3n) is 1.97. The summed E-state index contributed by atoms with van der Waals surface area (Å²) in [6, 6.07) is 0. The van der Waals surface area contributed by atoms with Crippen LogP contribution >= 0.6 is 0 Å². The number of amides is 1. The van der Waals surface area contributed by atoms with Crippen LogP contribution in [-0.2, 0) is 4.79 Å². The Morgan fingerprint density at radius 3 is 2.62 bits per heavy atom. The van der Waals surface area contributed by atoms with Crippen LogP contribution in [0, 0.1) is 5.92 Å². The first-order valence-electron chi connectivity index (χ1n) is 4.94. The number of hydrogen-bond acceptors (Lipinski definition) is 3. The van der Waals surface area contributed by atoms with Crippen molar-refractivity contribution >= 4 is 5.91 Å². The Kier molecular flexibility index (Phi) is 7.63. The van der Waals surface area contributed by atoms with Crippen LogP contribution in [0.3, 0.4) is 0 Å². The average Bonchev–Trinajstić information content (AvgIpc) is 2.14. The molecule has 0 aromatic carbocycles. The van der Waals surface area contributed by atoms with Gasteiger partial charge >= 0.3 is 0 Å². The molecule has 0 heterocycles. The Morgan fingerprint density at radius 1 is 1.46 bits per heavy atom. The molecule has 78 valence electrons. The van der Waals surface area contributed by atoms with Crippen molar-refractivity contribution in [2.45, 2.75) is 26.2 Å². The quantitative estimate of drug-likeness (QED) is 0.484. The third kappa shape index (κ3) is 5.60. The molecule has 0 fully saturated rings. The monoisotopic (exact) mass is 187 g/mol. The fourth-order valence-electron chi connectivity index (χ4n) is 1.16. The Labute approximate surface area is 80.0 Å². The van der Waals surface area contributed by atoms with Gasteiger partial charge in [0.1, 0.15) is 0 Å². The SMILES string of the molecule is CCCC(CN)C(=O)NCCCN. The lowest BCUT2D eigenvalue weighted by Crippen LogP contribution is -2.35.